The van der Waals surface area contributed by atoms with Crippen LogP contribution in [0.25, 0.3) is 5.82 Å². The molecule has 3 N–H and O–H groups in total. The third kappa shape index (κ3) is 2.11. The summed E-state index contributed by atoms with van der Waals surface area (Å²) in [7, 11) is 0. The number of aromatic nitrogens is 4. The maximum atomic E-state index is 8.52. The number of hydrogen-bond acceptors (Lipinski definition) is 5. The first-order valence-corrected chi connectivity index (χ1v) is 5.44. The Hall–Kier alpha value is -1.96. The zero-order valence-electron chi connectivity index (χ0n) is 8.87. The van der Waals surface area contributed by atoms with Gasteiger partial charge in [0.1, 0.15) is 6.33 Å². The molecule has 0 saturated carbocycles. The third-order valence-corrected chi connectivity index (χ3v) is 3.09. The van der Waals surface area contributed by atoms with E-state index in [1.807, 2.05) is 13.0 Å². The molecular weight excluding hydrogens is 288 g/mol. The molecule has 0 saturated heterocycles. The Morgan fingerprint density at radius 1 is 1.53 bits per heavy atom. The van der Waals surface area contributed by atoms with Crippen LogP contribution in [0, 0.1) is 6.92 Å². The molecular formula is C9H9BrN6O. The highest BCUT2D eigenvalue weighted by Crippen LogP contribution is 2.21. The van der Waals surface area contributed by atoms with Gasteiger partial charge < -0.3 is 10.9 Å². The molecule has 0 aromatic carbocycles. The Morgan fingerprint density at radius 2 is 2.29 bits per heavy atom. The summed E-state index contributed by atoms with van der Waals surface area (Å²) in [4.78, 5) is 8.09. The molecule has 0 fully saturated rings. The van der Waals surface area contributed by atoms with Crippen molar-refractivity contribution in [3.8, 4) is 5.82 Å². The third-order valence-electron chi connectivity index (χ3n) is 2.11. The van der Waals surface area contributed by atoms with Crippen LogP contribution in [0.4, 0.5) is 0 Å². The van der Waals surface area contributed by atoms with Crippen molar-refractivity contribution in [1.29, 1.82) is 0 Å². The quantitative estimate of drug-likeness (QED) is 0.370. The van der Waals surface area contributed by atoms with Crippen molar-refractivity contribution >= 4 is 21.8 Å². The summed E-state index contributed by atoms with van der Waals surface area (Å²) in [6.07, 6.45) is 3.11. The molecule has 2 aromatic heterocycles. The van der Waals surface area contributed by atoms with Gasteiger partial charge in [-0.3, -0.25) is 0 Å². The van der Waals surface area contributed by atoms with E-state index in [4.69, 9.17) is 10.9 Å². The summed E-state index contributed by atoms with van der Waals surface area (Å²) < 4.78 is 2.26. The highest BCUT2D eigenvalue weighted by Gasteiger charge is 2.11. The lowest BCUT2D eigenvalue weighted by Crippen LogP contribution is -2.15. The van der Waals surface area contributed by atoms with E-state index in [0.29, 0.717) is 5.82 Å². The maximum Gasteiger partial charge on any atom is 0.220 e. The van der Waals surface area contributed by atoms with Gasteiger partial charge in [0.15, 0.2) is 5.82 Å². The van der Waals surface area contributed by atoms with E-state index in [1.165, 1.54) is 11.0 Å². The number of halogens is 1. The summed E-state index contributed by atoms with van der Waals surface area (Å²) in [6, 6.07) is 1.87. The zero-order valence-corrected chi connectivity index (χ0v) is 10.5. The van der Waals surface area contributed by atoms with E-state index >= 15 is 0 Å². The minimum absolute atomic E-state index is 0.141. The van der Waals surface area contributed by atoms with Gasteiger partial charge in [-0.05, 0) is 34.5 Å². The van der Waals surface area contributed by atoms with E-state index in [9.17, 15) is 0 Å². The largest absolute Gasteiger partial charge is 0.409 e. The van der Waals surface area contributed by atoms with Gasteiger partial charge >= 0.3 is 0 Å². The van der Waals surface area contributed by atoms with Gasteiger partial charge in [0, 0.05) is 6.20 Å². The number of amidine groups is 1. The Kier molecular flexibility index (Phi) is 3.05. The van der Waals surface area contributed by atoms with E-state index < -0.39 is 0 Å². The Labute approximate surface area is 105 Å². The molecule has 2 heterocycles. The van der Waals surface area contributed by atoms with E-state index in [-0.39, 0.29) is 11.7 Å². The molecule has 8 heteroatoms. The molecule has 0 aliphatic heterocycles. The van der Waals surface area contributed by atoms with Crippen molar-refractivity contribution in [2.75, 3.05) is 0 Å². The van der Waals surface area contributed by atoms with Crippen LogP contribution >= 0.6 is 15.9 Å². The predicted octanol–water partition coefficient (Wildman–Crippen LogP) is 0.828. The average Bonchev–Trinajstić information content (AvgIpc) is 2.81. The summed E-state index contributed by atoms with van der Waals surface area (Å²) >= 11 is 3.42. The summed E-state index contributed by atoms with van der Waals surface area (Å²) in [5.74, 6) is 0.588. The van der Waals surface area contributed by atoms with E-state index in [2.05, 4.69) is 36.2 Å². The van der Waals surface area contributed by atoms with E-state index in [1.54, 1.807) is 6.20 Å². The number of nitrogens with zero attached hydrogens (tertiary/aromatic N) is 5. The van der Waals surface area contributed by atoms with Crippen molar-refractivity contribution in [2.24, 2.45) is 10.9 Å². The second-order valence-corrected chi connectivity index (χ2v) is 4.06. The topological polar surface area (TPSA) is 102 Å². The summed E-state index contributed by atoms with van der Waals surface area (Å²) in [5, 5.41) is 15.4. The molecule has 2 aromatic rings. The van der Waals surface area contributed by atoms with Gasteiger partial charge in [0.05, 0.1) is 4.47 Å². The molecule has 0 unspecified atom stereocenters. The van der Waals surface area contributed by atoms with Gasteiger partial charge in [-0.1, -0.05) is 5.16 Å². The van der Waals surface area contributed by atoms with Crippen LogP contribution in [0.2, 0.25) is 0 Å². The highest BCUT2D eigenvalue weighted by atomic mass is 79.9. The molecule has 0 bridgehead atoms. The van der Waals surface area contributed by atoms with Crippen LogP contribution < -0.4 is 5.73 Å². The summed E-state index contributed by atoms with van der Waals surface area (Å²) in [6.45, 7) is 1.94. The van der Waals surface area contributed by atoms with Crippen molar-refractivity contribution < 1.29 is 5.21 Å². The zero-order chi connectivity index (χ0) is 12.4. The summed E-state index contributed by atoms with van der Waals surface area (Å²) in [5.41, 5.74) is 6.41. The molecule has 2 rings (SSSR count). The highest BCUT2D eigenvalue weighted by molar-refractivity contribution is 9.10. The van der Waals surface area contributed by atoms with E-state index in [0.717, 1.165) is 10.0 Å². The maximum absolute atomic E-state index is 8.52. The van der Waals surface area contributed by atoms with Crippen LogP contribution in [0.5, 0.6) is 0 Å². The lowest BCUT2D eigenvalue weighted by atomic mass is 10.3. The van der Waals surface area contributed by atoms with Gasteiger partial charge in [-0.15, -0.1) is 5.10 Å². The van der Waals surface area contributed by atoms with Crippen molar-refractivity contribution in [1.82, 2.24) is 19.7 Å². The molecule has 0 spiro atoms. The lowest BCUT2D eigenvalue weighted by molar-refractivity contribution is 0.318. The molecule has 0 aliphatic rings. The minimum atomic E-state index is -0.146. The molecule has 88 valence electrons. The number of rotatable bonds is 2. The van der Waals surface area contributed by atoms with Crippen LogP contribution in [-0.4, -0.2) is 30.8 Å². The van der Waals surface area contributed by atoms with Gasteiger partial charge in [-0.25, -0.2) is 14.6 Å². The van der Waals surface area contributed by atoms with Crippen LogP contribution in [0.1, 0.15) is 11.4 Å². The number of oxime groups is 1. The SMILES string of the molecule is Cc1ccnc(-n2cnc(/C(N)=N/O)n2)c1Br. The van der Waals surface area contributed by atoms with Crippen molar-refractivity contribution in [3.05, 3.63) is 34.5 Å². The fraction of sp³-hybridized carbons (Fsp3) is 0.111. The smallest absolute Gasteiger partial charge is 0.220 e. The molecule has 0 atom stereocenters. The Morgan fingerprint density at radius 3 is 3.00 bits per heavy atom. The van der Waals surface area contributed by atoms with Gasteiger partial charge in [0.25, 0.3) is 0 Å². The predicted molar refractivity (Wildman–Crippen MR) is 64.1 cm³/mol. The van der Waals surface area contributed by atoms with Crippen molar-refractivity contribution in [2.45, 2.75) is 6.92 Å². The van der Waals surface area contributed by atoms with Gasteiger partial charge in [0.2, 0.25) is 11.7 Å². The average molecular weight is 297 g/mol. The number of pyridine rings is 1. The monoisotopic (exact) mass is 296 g/mol. The fourth-order valence-electron chi connectivity index (χ4n) is 1.21. The number of hydrogen-bond donors (Lipinski definition) is 2. The second kappa shape index (κ2) is 4.50. The minimum Gasteiger partial charge on any atom is -0.409 e. The Balaban J connectivity index is 2.48. The fourth-order valence-corrected chi connectivity index (χ4v) is 1.63. The normalized spacial score (nSPS) is 11.8. The number of nitrogens with two attached hydrogens (primary N) is 1. The molecule has 0 aliphatic carbocycles. The van der Waals surface area contributed by atoms with Gasteiger partial charge in [-0.2, -0.15) is 0 Å². The second-order valence-electron chi connectivity index (χ2n) is 3.26. The first-order valence-electron chi connectivity index (χ1n) is 4.64. The van der Waals surface area contributed by atoms with Crippen LogP contribution in [0.15, 0.2) is 28.2 Å². The van der Waals surface area contributed by atoms with Crippen LogP contribution in [0.3, 0.4) is 0 Å². The standard InChI is InChI=1S/C9H9BrN6O/c1-5-2-3-12-9(6(5)10)16-4-13-8(14-16)7(11)15-17/h2-4,17H,1H3,(H2,11,15). The lowest BCUT2D eigenvalue weighted by Gasteiger charge is -2.04. The molecule has 7 nitrogen and oxygen atoms in total. The first-order chi connectivity index (χ1) is 8.13. The first kappa shape index (κ1) is 11.5. The molecule has 17 heavy (non-hydrogen) atoms. The number of aryl methyl sites for hydroxylation is 1. The molecule has 0 radical (unpaired) electrons. The molecule has 0 amide bonds. The van der Waals surface area contributed by atoms with Crippen molar-refractivity contribution in [3.63, 3.8) is 0 Å². The Bertz CT molecular complexity index is 579. The van der Waals surface area contributed by atoms with Crippen LogP contribution in [-0.2, 0) is 0 Å².